The fraction of sp³-hybridized carbons (Fsp3) is 0.278. The van der Waals surface area contributed by atoms with E-state index in [0.717, 1.165) is 24.1 Å². The molecule has 2 atom stereocenters. The van der Waals surface area contributed by atoms with E-state index in [2.05, 4.69) is 10.1 Å². The Labute approximate surface area is 149 Å². The highest BCUT2D eigenvalue weighted by atomic mass is 16.7. The van der Waals surface area contributed by atoms with E-state index >= 15 is 0 Å². The molecule has 0 aliphatic carbocycles. The summed E-state index contributed by atoms with van der Waals surface area (Å²) in [4.78, 5) is 15.7. The molecule has 1 fully saturated rings. The second kappa shape index (κ2) is 7.01. The molecule has 1 aromatic carbocycles. The molecule has 0 saturated carbocycles. The van der Waals surface area contributed by atoms with Crippen LogP contribution < -0.4 is 10.5 Å². The van der Waals surface area contributed by atoms with Gasteiger partial charge >= 0.3 is 6.16 Å². The average Bonchev–Trinajstić information content (AvgIpc) is 3.28. The van der Waals surface area contributed by atoms with Crippen molar-refractivity contribution in [3.63, 3.8) is 0 Å². The molecule has 3 heterocycles. The van der Waals surface area contributed by atoms with Crippen molar-refractivity contribution in [1.29, 1.82) is 0 Å². The van der Waals surface area contributed by atoms with Crippen LogP contribution >= 0.6 is 0 Å². The van der Waals surface area contributed by atoms with Crippen molar-refractivity contribution in [2.75, 3.05) is 12.3 Å². The molecular formula is C18H18N4O4. The van der Waals surface area contributed by atoms with E-state index in [-0.39, 0.29) is 18.8 Å². The van der Waals surface area contributed by atoms with E-state index in [1.807, 2.05) is 18.2 Å². The normalized spacial score (nSPS) is 19.5. The number of fused-ring (bicyclic) bond motifs is 1. The summed E-state index contributed by atoms with van der Waals surface area (Å²) in [6, 6.07) is 12.6. The molecule has 0 bridgehead atoms. The Morgan fingerprint density at radius 3 is 2.92 bits per heavy atom. The Kier molecular flexibility index (Phi) is 4.40. The Hall–Kier alpha value is -3.13. The van der Waals surface area contributed by atoms with Crippen molar-refractivity contribution < 1.29 is 19.0 Å². The van der Waals surface area contributed by atoms with Crippen LogP contribution in [-0.2, 0) is 9.47 Å². The maximum absolute atomic E-state index is 11.8. The van der Waals surface area contributed by atoms with Crippen LogP contribution in [0, 0.1) is 0 Å². The zero-order valence-corrected chi connectivity index (χ0v) is 13.9. The number of anilines is 1. The number of nitrogen functional groups attached to an aromatic ring is 1. The molecule has 0 radical (unpaired) electrons. The predicted molar refractivity (Wildman–Crippen MR) is 92.7 cm³/mol. The Morgan fingerprint density at radius 2 is 2.08 bits per heavy atom. The van der Waals surface area contributed by atoms with E-state index in [1.165, 1.54) is 6.33 Å². The molecule has 8 nitrogen and oxygen atoms in total. The highest BCUT2D eigenvalue weighted by molar-refractivity contribution is 5.65. The third-order valence-electron chi connectivity index (χ3n) is 4.28. The minimum atomic E-state index is -0.739. The van der Waals surface area contributed by atoms with Crippen LogP contribution in [0.4, 0.5) is 10.6 Å². The van der Waals surface area contributed by atoms with Gasteiger partial charge in [-0.2, -0.15) is 5.10 Å². The topological polar surface area (TPSA) is 101 Å². The molecule has 1 aliphatic rings. The quantitative estimate of drug-likeness (QED) is 0.568. The first-order valence-corrected chi connectivity index (χ1v) is 8.34. The number of rotatable bonds is 4. The van der Waals surface area contributed by atoms with Gasteiger partial charge in [0.1, 0.15) is 30.3 Å². The zero-order chi connectivity index (χ0) is 17.9. The zero-order valence-electron chi connectivity index (χ0n) is 13.9. The van der Waals surface area contributed by atoms with Crippen LogP contribution in [0.15, 0.2) is 48.8 Å². The fourth-order valence-electron chi connectivity index (χ4n) is 3.04. The van der Waals surface area contributed by atoms with Crippen molar-refractivity contribution in [3.8, 4) is 5.75 Å². The highest BCUT2D eigenvalue weighted by Crippen LogP contribution is 2.33. The van der Waals surface area contributed by atoms with E-state index in [9.17, 15) is 4.79 Å². The van der Waals surface area contributed by atoms with E-state index in [0.29, 0.717) is 11.6 Å². The summed E-state index contributed by atoms with van der Waals surface area (Å²) in [6.45, 7) is 0.141. The highest BCUT2D eigenvalue weighted by Gasteiger charge is 2.30. The first-order valence-electron chi connectivity index (χ1n) is 8.34. The van der Waals surface area contributed by atoms with Crippen LogP contribution in [0.5, 0.6) is 5.75 Å². The van der Waals surface area contributed by atoms with Crippen molar-refractivity contribution >= 4 is 17.5 Å². The summed E-state index contributed by atoms with van der Waals surface area (Å²) in [6.07, 6.45) is 1.94. The first-order chi connectivity index (χ1) is 12.7. The molecule has 2 aromatic heterocycles. The standard InChI is InChI=1S/C18H18N4O4/c19-17-15-8-7-14(22(15)21-11-20-17)16-9-6-13(25-16)10-24-18(23)26-12-4-2-1-3-5-12/h1-5,7-8,11,13,16H,6,9-10H2,(H2,19,20,21). The fourth-order valence-corrected chi connectivity index (χ4v) is 3.04. The smallest absolute Gasteiger partial charge is 0.431 e. The monoisotopic (exact) mass is 354 g/mol. The van der Waals surface area contributed by atoms with Gasteiger partial charge in [0, 0.05) is 0 Å². The van der Waals surface area contributed by atoms with Crippen LogP contribution in [0.3, 0.4) is 0 Å². The van der Waals surface area contributed by atoms with E-state index in [1.54, 1.807) is 28.8 Å². The Balaban J connectivity index is 1.33. The largest absolute Gasteiger partial charge is 0.513 e. The number of ether oxygens (including phenoxy) is 3. The number of hydrogen-bond donors (Lipinski definition) is 1. The number of benzene rings is 1. The third kappa shape index (κ3) is 3.31. The lowest BCUT2D eigenvalue weighted by Crippen LogP contribution is -2.20. The summed E-state index contributed by atoms with van der Waals surface area (Å²) in [5, 5.41) is 4.23. The number of carbonyl (C=O) groups excluding carboxylic acids is 1. The van der Waals surface area contributed by atoms with Crippen molar-refractivity contribution in [2.24, 2.45) is 0 Å². The lowest BCUT2D eigenvalue weighted by Gasteiger charge is -2.14. The van der Waals surface area contributed by atoms with Crippen LogP contribution in [0.2, 0.25) is 0 Å². The van der Waals surface area contributed by atoms with Gasteiger partial charge in [-0.05, 0) is 37.1 Å². The maximum Gasteiger partial charge on any atom is 0.513 e. The molecule has 26 heavy (non-hydrogen) atoms. The first kappa shape index (κ1) is 16.3. The molecule has 0 spiro atoms. The van der Waals surface area contributed by atoms with Crippen molar-refractivity contribution in [1.82, 2.24) is 14.6 Å². The number of para-hydroxylation sites is 1. The molecule has 1 aliphatic heterocycles. The van der Waals surface area contributed by atoms with Crippen LogP contribution in [-0.4, -0.2) is 33.5 Å². The van der Waals surface area contributed by atoms with E-state index < -0.39 is 6.16 Å². The van der Waals surface area contributed by atoms with Gasteiger partial charge in [-0.1, -0.05) is 18.2 Å². The van der Waals surface area contributed by atoms with Crippen LogP contribution in [0.1, 0.15) is 24.6 Å². The van der Waals surface area contributed by atoms with Gasteiger partial charge in [0.05, 0.1) is 11.8 Å². The minimum absolute atomic E-state index is 0.134. The molecular weight excluding hydrogens is 336 g/mol. The van der Waals surface area contributed by atoms with Gasteiger partial charge in [-0.25, -0.2) is 14.3 Å². The Bertz CT molecular complexity index is 912. The molecule has 2 unspecified atom stereocenters. The van der Waals surface area contributed by atoms with Gasteiger partial charge in [0.15, 0.2) is 5.82 Å². The van der Waals surface area contributed by atoms with Gasteiger partial charge in [-0.3, -0.25) is 0 Å². The van der Waals surface area contributed by atoms with Gasteiger partial charge in [0.25, 0.3) is 0 Å². The molecule has 8 heteroatoms. The Morgan fingerprint density at radius 1 is 1.23 bits per heavy atom. The second-order valence-electron chi connectivity index (χ2n) is 6.00. The number of carbonyl (C=O) groups is 1. The number of hydrogen-bond acceptors (Lipinski definition) is 7. The van der Waals surface area contributed by atoms with Gasteiger partial charge < -0.3 is 19.9 Å². The summed E-state index contributed by atoms with van der Waals surface area (Å²) in [5.41, 5.74) is 7.51. The van der Waals surface area contributed by atoms with Crippen molar-refractivity contribution in [2.45, 2.75) is 25.0 Å². The second-order valence-corrected chi connectivity index (χ2v) is 6.00. The third-order valence-corrected chi connectivity index (χ3v) is 4.28. The molecule has 4 rings (SSSR count). The number of aromatic nitrogens is 3. The summed E-state index contributed by atoms with van der Waals surface area (Å²) in [5.74, 6) is 0.868. The molecule has 1 saturated heterocycles. The number of nitrogens with zero attached hydrogens (tertiary/aromatic N) is 3. The average molecular weight is 354 g/mol. The van der Waals surface area contributed by atoms with Crippen LogP contribution in [0.25, 0.3) is 5.52 Å². The molecule has 3 aromatic rings. The van der Waals surface area contributed by atoms with Gasteiger partial charge in [-0.15, -0.1) is 0 Å². The SMILES string of the molecule is Nc1ncnn2c(C3CCC(COC(=O)Oc4ccccc4)O3)ccc12. The predicted octanol–water partition coefficient (Wildman–Crippen LogP) is 2.75. The minimum Gasteiger partial charge on any atom is -0.431 e. The molecule has 134 valence electrons. The van der Waals surface area contributed by atoms with E-state index in [4.69, 9.17) is 19.9 Å². The summed E-state index contributed by atoms with van der Waals surface area (Å²) >= 11 is 0. The lowest BCUT2D eigenvalue weighted by molar-refractivity contribution is -0.00688. The van der Waals surface area contributed by atoms with Crippen molar-refractivity contribution in [3.05, 3.63) is 54.5 Å². The molecule has 2 N–H and O–H groups in total. The lowest BCUT2D eigenvalue weighted by atomic mass is 10.1. The maximum atomic E-state index is 11.8. The summed E-state index contributed by atoms with van der Waals surface area (Å²) < 4.78 is 18.0. The number of nitrogens with two attached hydrogens (primary N) is 1. The van der Waals surface area contributed by atoms with Gasteiger partial charge in [0.2, 0.25) is 0 Å². The molecule has 0 amide bonds. The summed E-state index contributed by atoms with van der Waals surface area (Å²) in [7, 11) is 0.